The molecule has 2 atom stereocenters. The Kier molecular flexibility index (Phi) is 3.87. The first-order valence-electron chi connectivity index (χ1n) is 4.39. The Labute approximate surface area is 81.1 Å². The van der Waals surface area contributed by atoms with Crippen molar-refractivity contribution in [1.29, 1.82) is 0 Å². The number of amides is 1. The first kappa shape index (κ1) is 10.7. The van der Waals surface area contributed by atoms with Crippen molar-refractivity contribution in [2.24, 2.45) is 0 Å². The molecule has 0 saturated carbocycles. The number of hydrogen-bond acceptors (Lipinski definition) is 3. The Morgan fingerprint density at radius 2 is 2.38 bits per heavy atom. The minimum atomic E-state index is -0.773. The van der Waals surface area contributed by atoms with E-state index < -0.39 is 10.8 Å². The number of likely N-dealkylation sites (N-methyl/N-ethyl adjacent to an activating group) is 1. The van der Waals surface area contributed by atoms with Gasteiger partial charge < -0.3 is 10.2 Å². The average Bonchev–Trinajstić information content (AvgIpc) is 2.35. The van der Waals surface area contributed by atoms with E-state index in [1.165, 1.54) is 0 Å². The highest BCUT2D eigenvalue weighted by Crippen LogP contribution is 2.07. The van der Waals surface area contributed by atoms with E-state index >= 15 is 0 Å². The summed E-state index contributed by atoms with van der Waals surface area (Å²) < 4.78 is 10.7. The number of nitrogens with one attached hydrogen (secondary N) is 1. The Morgan fingerprint density at radius 1 is 1.69 bits per heavy atom. The predicted molar refractivity (Wildman–Crippen MR) is 53.0 cm³/mol. The van der Waals surface area contributed by atoms with Crippen LogP contribution in [0.1, 0.15) is 6.42 Å². The standard InChI is InChI=1S/C8H16N2O2S/c1-10-5-3-7(8(10)11)9-4-6-13(2)12/h7,9H,3-6H2,1-2H3. The van der Waals surface area contributed by atoms with E-state index in [0.717, 1.165) is 13.0 Å². The molecule has 0 bridgehead atoms. The van der Waals surface area contributed by atoms with E-state index in [-0.39, 0.29) is 11.9 Å². The summed E-state index contributed by atoms with van der Waals surface area (Å²) >= 11 is 0. The van der Waals surface area contributed by atoms with Crippen LogP contribution in [-0.2, 0) is 15.6 Å². The van der Waals surface area contributed by atoms with Gasteiger partial charge in [-0.3, -0.25) is 9.00 Å². The van der Waals surface area contributed by atoms with Crippen LogP contribution < -0.4 is 5.32 Å². The number of hydrogen-bond donors (Lipinski definition) is 1. The van der Waals surface area contributed by atoms with Gasteiger partial charge in [0.25, 0.3) is 0 Å². The van der Waals surface area contributed by atoms with Crippen LogP contribution in [0.15, 0.2) is 0 Å². The summed E-state index contributed by atoms with van der Waals surface area (Å²) in [5, 5.41) is 3.11. The summed E-state index contributed by atoms with van der Waals surface area (Å²) in [6, 6.07) is -0.0476. The Hall–Kier alpha value is -0.420. The van der Waals surface area contributed by atoms with E-state index in [9.17, 15) is 9.00 Å². The molecule has 76 valence electrons. The summed E-state index contributed by atoms with van der Waals surface area (Å²) in [5.74, 6) is 0.773. The normalized spacial score (nSPS) is 25.2. The molecule has 0 spiro atoms. The topological polar surface area (TPSA) is 49.4 Å². The SMILES string of the molecule is CN1CCC(NCCS(C)=O)C1=O. The average molecular weight is 204 g/mol. The lowest BCUT2D eigenvalue weighted by atomic mass is 10.2. The van der Waals surface area contributed by atoms with Crippen molar-refractivity contribution in [1.82, 2.24) is 10.2 Å². The van der Waals surface area contributed by atoms with Crippen molar-refractivity contribution >= 4 is 16.7 Å². The van der Waals surface area contributed by atoms with Gasteiger partial charge in [-0.1, -0.05) is 0 Å². The first-order chi connectivity index (χ1) is 6.11. The number of carbonyl (C=O) groups is 1. The molecule has 1 aliphatic heterocycles. The van der Waals surface area contributed by atoms with Gasteiger partial charge >= 0.3 is 0 Å². The third kappa shape index (κ3) is 3.08. The predicted octanol–water partition coefficient (Wildman–Crippen LogP) is -0.815. The minimum absolute atomic E-state index is 0.0476. The molecule has 0 aromatic heterocycles. The number of likely N-dealkylation sites (tertiary alicyclic amines) is 1. The third-order valence-electron chi connectivity index (χ3n) is 2.21. The van der Waals surface area contributed by atoms with Crippen LogP contribution in [0.25, 0.3) is 0 Å². The van der Waals surface area contributed by atoms with Crippen molar-refractivity contribution in [2.75, 3.05) is 32.1 Å². The van der Waals surface area contributed by atoms with Gasteiger partial charge in [-0.25, -0.2) is 0 Å². The second kappa shape index (κ2) is 4.72. The van der Waals surface area contributed by atoms with E-state index in [4.69, 9.17) is 0 Å². The highest BCUT2D eigenvalue weighted by molar-refractivity contribution is 7.84. The van der Waals surface area contributed by atoms with E-state index in [2.05, 4.69) is 5.32 Å². The van der Waals surface area contributed by atoms with E-state index in [0.29, 0.717) is 12.3 Å². The lowest BCUT2D eigenvalue weighted by Crippen LogP contribution is -2.38. The fourth-order valence-electron chi connectivity index (χ4n) is 1.39. The summed E-state index contributed by atoms with van der Waals surface area (Å²) in [4.78, 5) is 13.1. The number of nitrogens with zero attached hydrogens (tertiary/aromatic N) is 1. The molecule has 0 radical (unpaired) electrons. The van der Waals surface area contributed by atoms with Crippen molar-refractivity contribution in [3.63, 3.8) is 0 Å². The molecule has 0 aliphatic carbocycles. The summed E-state index contributed by atoms with van der Waals surface area (Å²) in [6.07, 6.45) is 2.54. The largest absolute Gasteiger partial charge is 0.344 e. The second-order valence-electron chi connectivity index (χ2n) is 3.33. The molecular formula is C8H16N2O2S. The van der Waals surface area contributed by atoms with E-state index in [1.807, 2.05) is 7.05 Å². The van der Waals surface area contributed by atoms with Crippen LogP contribution in [0.5, 0.6) is 0 Å². The maximum atomic E-state index is 11.4. The third-order valence-corrected chi connectivity index (χ3v) is 2.99. The molecule has 1 saturated heterocycles. The zero-order valence-electron chi connectivity index (χ0n) is 8.08. The van der Waals surface area contributed by atoms with E-state index in [1.54, 1.807) is 11.2 Å². The van der Waals surface area contributed by atoms with Gasteiger partial charge in [0.15, 0.2) is 0 Å². The van der Waals surface area contributed by atoms with Crippen molar-refractivity contribution < 1.29 is 9.00 Å². The van der Waals surface area contributed by atoms with Gasteiger partial charge in [0.2, 0.25) is 5.91 Å². The zero-order chi connectivity index (χ0) is 9.84. The Morgan fingerprint density at radius 3 is 2.85 bits per heavy atom. The van der Waals surface area contributed by atoms with Crippen LogP contribution in [0, 0.1) is 0 Å². The molecule has 0 aromatic rings. The summed E-state index contributed by atoms with van der Waals surface area (Å²) in [7, 11) is 1.03. The Balaban J connectivity index is 2.23. The lowest BCUT2D eigenvalue weighted by molar-refractivity contribution is -0.128. The molecule has 13 heavy (non-hydrogen) atoms. The fraction of sp³-hybridized carbons (Fsp3) is 0.875. The molecule has 1 aliphatic rings. The number of carbonyl (C=O) groups excluding carboxylic acids is 1. The monoisotopic (exact) mass is 204 g/mol. The Bertz CT molecular complexity index is 220. The van der Waals surface area contributed by atoms with Gasteiger partial charge in [0.1, 0.15) is 0 Å². The smallest absolute Gasteiger partial charge is 0.239 e. The van der Waals surface area contributed by atoms with Gasteiger partial charge in [-0.15, -0.1) is 0 Å². The quantitative estimate of drug-likeness (QED) is 0.651. The van der Waals surface area contributed by atoms with Crippen LogP contribution in [0.2, 0.25) is 0 Å². The molecule has 4 nitrogen and oxygen atoms in total. The van der Waals surface area contributed by atoms with Crippen LogP contribution in [-0.4, -0.2) is 53.2 Å². The molecule has 1 rings (SSSR count). The van der Waals surface area contributed by atoms with Gasteiger partial charge in [0, 0.05) is 42.9 Å². The van der Waals surface area contributed by atoms with Crippen LogP contribution in [0.3, 0.4) is 0 Å². The zero-order valence-corrected chi connectivity index (χ0v) is 8.89. The number of rotatable bonds is 4. The maximum absolute atomic E-state index is 11.4. The fourth-order valence-corrected chi connectivity index (χ4v) is 1.79. The highest BCUT2D eigenvalue weighted by atomic mass is 32.2. The van der Waals surface area contributed by atoms with Gasteiger partial charge in [-0.2, -0.15) is 0 Å². The molecule has 1 amide bonds. The second-order valence-corrected chi connectivity index (χ2v) is 4.89. The molecule has 5 heteroatoms. The summed E-state index contributed by atoms with van der Waals surface area (Å²) in [5.41, 5.74) is 0. The molecular weight excluding hydrogens is 188 g/mol. The minimum Gasteiger partial charge on any atom is -0.344 e. The van der Waals surface area contributed by atoms with Crippen LogP contribution >= 0.6 is 0 Å². The lowest BCUT2D eigenvalue weighted by Gasteiger charge is -2.11. The molecule has 2 unspecified atom stereocenters. The molecule has 1 fully saturated rings. The maximum Gasteiger partial charge on any atom is 0.239 e. The van der Waals surface area contributed by atoms with Crippen molar-refractivity contribution in [3.8, 4) is 0 Å². The highest BCUT2D eigenvalue weighted by Gasteiger charge is 2.27. The molecule has 0 aromatic carbocycles. The van der Waals surface area contributed by atoms with Crippen molar-refractivity contribution in [2.45, 2.75) is 12.5 Å². The molecule has 1 N–H and O–H groups in total. The van der Waals surface area contributed by atoms with Crippen molar-refractivity contribution in [3.05, 3.63) is 0 Å². The van der Waals surface area contributed by atoms with Crippen LogP contribution in [0.4, 0.5) is 0 Å². The van der Waals surface area contributed by atoms with Gasteiger partial charge in [-0.05, 0) is 6.42 Å². The first-order valence-corrected chi connectivity index (χ1v) is 6.12. The van der Waals surface area contributed by atoms with Gasteiger partial charge in [0.05, 0.1) is 6.04 Å². The summed E-state index contributed by atoms with van der Waals surface area (Å²) in [6.45, 7) is 1.49. The molecule has 1 heterocycles.